The smallest absolute Gasteiger partial charge is 0.136 e. The van der Waals surface area contributed by atoms with Crippen molar-refractivity contribution in [1.82, 2.24) is 0 Å². The third-order valence-corrected chi connectivity index (χ3v) is 8.93. The van der Waals surface area contributed by atoms with Crippen LogP contribution in [-0.2, 0) is 0 Å². The van der Waals surface area contributed by atoms with E-state index >= 15 is 0 Å². The van der Waals surface area contributed by atoms with Gasteiger partial charge in [-0.25, -0.2) is 0 Å². The van der Waals surface area contributed by atoms with Crippen LogP contribution in [-0.4, -0.2) is 0 Å². The molecule has 9 rings (SSSR count). The van der Waals surface area contributed by atoms with E-state index in [1.54, 1.807) is 0 Å². The third kappa shape index (κ3) is 4.05. The first-order valence-electron chi connectivity index (χ1n) is 15.3. The van der Waals surface area contributed by atoms with E-state index in [1.807, 2.05) is 78.9 Å². The van der Waals surface area contributed by atoms with Crippen molar-refractivity contribution in [3.8, 4) is 50.6 Å². The van der Waals surface area contributed by atoms with Crippen LogP contribution in [0.4, 0.5) is 0 Å². The summed E-state index contributed by atoms with van der Waals surface area (Å²) in [4.78, 5) is 0. The van der Waals surface area contributed by atoms with Gasteiger partial charge in [0, 0.05) is 32.7 Å². The zero-order valence-corrected chi connectivity index (χ0v) is 24.7. The molecule has 0 fully saturated rings. The summed E-state index contributed by atoms with van der Waals surface area (Å²) in [7, 11) is 0. The maximum atomic E-state index is 10.6. The van der Waals surface area contributed by atoms with Crippen molar-refractivity contribution in [3.05, 3.63) is 157 Å². The monoisotopic (exact) mass is 587 g/mol. The number of para-hydroxylation sites is 2. The molecule has 3 heteroatoms. The van der Waals surface area contributed by atoms with Gasteiger partial charge in [-0.1, -0.05) is 109 Å². The molecule has 0 saturated heterocycles. The first kappa shape index (κ1) is 26.1. The highest BCUT2D eigenvalue weighted by Crippen LogP contribution is 2.43. The summed E-state index contributed by atoms with van der Waals surface area (Å²) in [6.45, 7) is 0. The van der Waals surface area contributed by atoms with Gasteiger partial charge in [-0.3, -0.25) is 0 Å². The van der Waals surface area contributed by atoms with Gasteiger partial charge in [0.15, 0.2) is 0 Å². The second kappa shape index (κ2) is 10.4. The number of rotatable bonds is 4. The molecule has 2 heterocycles. The highest BCUT2D eigenvalue weighted by molar-refractivity contribution is 6.15. The molecule has 0 radical (unpaired) electrons. The van der Waals surface area contributed by atoms with E-state index in [0.717, 1.165) is 88.4 Å². The summed E-state index contributed by atoms with van der Waals surface area (Å²) >= 11 is 0. The van der Waals surface area contributed by atoms with Crippen molar-refractivity contribution in [3.63, 3.8) is 0 Å². The Bertz CT molecular complexity index is 2520. The van der Waals surface area contributed by atoms with Gasteiger partial charge in [0.25, 0.3) is 0 Å². The molecule has 0 saturated carbocycles. The average molecular weight is 588 g/mol. The van der Waals surface area contributed by atoms with Crippen LogP contribution in [0.2, 0.25) is 0 Å². The lowest BCUT2D eigenvalue weighted by Gasteiger charge is -2.15. The molecule has 0 unspecified atom stereocenters. The molecule has 214 valence electrons. The van der Waals surface area contributed by atoms with Crippen LogP contribution in [0.5, 0.6) is 0 Å². The molecular formula is C43H25NO2. The van der Waals surface area contributed by atoms with Crippen LogP contribution in [0.15, 0.2) is 160 Å². The topological polar surface area (TPSA) is 50.1 Å². The molecule has 0 N–H and O–H groups in total. The summed E-state index contributed by atoms with van der Waals surface area (Å²) in [5, 5.41) is 14.9. The normalized spacial score (nSPS) is 11.5. The minimum Gasteiger partial charge on any atom is -0.456 e. The highest BCUT2D eigenvalue weighted by atomic mass is 16.3. The fourth-order valence-corrected chi connectivity index (χ4v) is 6.90. The van der Waals surface area contributed by atoms with E-state index < -0.39 is 0 Å². The third-order valence-electron chi connectivity index (χ3n) is 8.93. The largest absolute Gasteiger partial charge is 0.456 e. The zero-order valence-electron chi connectivity index (χ0n) is 24.7. The molecule has 0 atom stereocenters. The summed E-state index contributed by atoms with van der Waals surface area (Å²) < 4.78 is 12.6. The Labute approximate surface area is 265 Å². The SMILES string of the molecule is N#Cc1c(-c2ccccc2)cccc1-c1cc(-c2cccc3oc4ccccc4c23)cc(-c2cccc3oc4ccccc4c23)c1. The van der Waals surface area contributed by atoms with E-state index in [0.29, 0.717) is 5.56 Å². The standard InChI is InChI=1S/C43H25NO2/c44-26-37-31(27-11-2-1-3-12-27)15-8-16-32(37)28-23-29(33-17-9-21-40-42(33)35-13-4-6-19-38(35)45-40)25-30(24-28)34-18-10-22-41-43(34)36-14-5-7-20-39(36)46-41/h1-25H. The van der Waals surface area contributed by atoms with Crippen LogP contribution < -0.4 is 0 Å². The van der Waals surface area contributed by atoms with Crippen molar-refractivity contribution in [2.75, 3.05) is 0 Å². The van der Waals surface area contributed by atoms with Crippen LogP contribution in [0, 0.1) is 11.3 Å². The molecular weight excluding hydrogens is 562 g/mol. The molecule has 46 heavy (non-hydrogen) atoms. The van der Waals surface area contributed by atoms with Crippen LogP contribution in [0.25, 0.3) is 88.4 Å². The van der Waals surface area contributed by atoms with E-state index in [1.165, 1.54) is 0 Å². The second-order valence-corrected chi connectivity index (χ2v) is 11.6. The Balaban J connectivity index is 1.37. The van der Waals surface area contributed by atoms with E-state index in [-0.39, 0.29) is 0 Å². The highest BCUT2D eigenvalue weighted by Gasteiger charge is 2.19. The van der Waals surface area contributed by atoms with Gasteiger partial charge in [-0.2, -0.15) is 5.26 Å². The number of nitrogens with zero attached hydrogens (tertiary/aromatic N) is 1. The predicted molar refractivity (Wildman–Crippen MR) is 187 cm³/mol. The minimum atomic E-state index is 0.649. The van der Waals surface area contributed by atoms with Crippen molar-refractivity contribution < 1.29 is 8.83 Å². The van der Waals surface area contributed by atoms with Crippen molar-refractivity contribution in [1.29, 1.82) is 5.26 Å². The Kier molecular flexibility index (Phi) is 5.88. The van der Waals surface area contributed by atoms with Gasteiger partial charge in [-0.05, 0) is 75.8 Å². The molecule has 0 aliphatic heterocycles. The number of nitriles is 1. The summed E-state index contributed by atoms with van der Waals surface area (Å²) in [5.41, 5.74) is 12.1. The fraction of sp³-hybridized carbons (Fsp3) is 0. The zero-order chi connectivity index (χ0) is 30.6. The minimum absolute atomic E-state index is 0.649. The maximum Gasteiger partial charge on any atom is 0.136 e. The van der Waals surface area contributed by atoms with Gasteiger partial charge >= 0.3 is 0 Å². The second-order valence-electron chi connectivity index (χ2n) is 11.6. The fourth-order valence-electron chi connectivity index (χ4n) is 6.90. The number of fused-ring (bicyclic) bond motifs is 6. The molecule has 0 aliphatic carbocycles. The molecule has 2 aromatic heterocycles. The van der Waals surface area contributed by atoms with Crippen molar-refractivity contribution in [2.24, 2.45) is 0 Å². The first-order chi connectivity index (χ1) is 22.8. The van der Waals surface area contributed by atoms with Crippen LogP contribution in [0.1, 0.15) is 5.56 Å². The van der Waals surface area contributed by atoms with Crippen LogP contribution in [0.3, 0.4) is 0 Å². The number of hydrogen-bond donors (Lipinski definition) is 0. The lowest BCUT2D eigenvalue weighted by molar-refractivity contribution is 0.668. The van der Waals surface area contributed by atoms with Gasteiger partial charge in [-0.15, -0.1) is 0 Å². The van der Waals surface area contributed by atoms with E-state index in [2.05, 4.69) is 78.9 Å². The number of hydrogen-bond acceptors (Lipinski definition) is 3. The molecule has 7 aromatic carbocycles. The van der Waals surface area contributed by atoms with Crippen molar-refractivity contribution >= 4 is 43.9 Å². The van der Waals surface area contributed by atoms with Gasteiger partial charge in [0.1, 0.15) is 28.4 Å². The molecule has 0 bridgehead atoms. The Morgan fingerprint density at radius 3 is 1.33 bits per heavy atom. The molecule has 0 aliphatic rings. The van der Waals surface area contributed by atoms with E-state index in [9.17, 15) is 5.26 Å². The quantitative estimate of drug-likeness (QED) is 0.206. The first-order valence-corrected chi connectivity index (χ1v) is 15.3. The molecule has 9 aromatic rings. The average Bonchev–Trinajstić information content (AvgIpc) is 3.70. The summed E-state index contributed by atoms with van der Waals surface area (Å²) in [5.74, 6) is 0. The lowest BCUT2D eigenvalue weighted by Crippen LogP contribution is -1.92. The Morgan fingerprint density at radius 2 is 0.783 bits per heavy atom. The Hall–Kier alpha value is -6.37. The van der Waals surface area contributed by atoms with Gasteiger partial charge < -0.3 is 8.83 Å². The van der Waals surface area contributed by atoms with Crippen molar-refractivity contribution in [2.45, 2.75) is 0 Å². The number of furan rings is 2. The van der Waals surface area contributed by atoms with Crippen LogP contribution >= 0.6 is 0 Å². The molecule has 0 spiro atoms. The maximum absolute atomic E-state index is 10.6. The van der Waals surface area contributed by atoms with Gasteiger partial charge in [0.2, 0.25) is 0 Å². The summed E-state index contributed by atoms with van der Waals surface area (Å²) in [6, 6.07) is 54.3. The number of benzene rings is 7. The van der Waals surface area contributed by atoms with Gasteiger partial charge in [0.05, 0.1) is 5.56 Å². The van der Waals surface area contributed by atoms with E-state index in [4.69, 9.17) is 8.83 Å². The Morgan fingerprint density at radius 1 is 0.370 bits per heavy atom. The predicted octanol–water partition coefficient (Wildman–Crippen LogP) is 12.0. The molecule has 0 amide bonds. The lowest BCUT2D eigenvalue weighted by atomic mass is 9.87. The summed E-state index contributed by atoms with van der Waals surface area (Å²) in [6.07, 6.45) is 0. The molecule has 3 nitrogen and oxygen atoms in total.